The summed E-state index contributed by atoms with van der Waals surface area (Å²) in [5.74, 6) is -1.77. The molecule has 0 saturated carbocycles. The van der Waals surface area contributed by atoms with Crippen molar-refractivity contribution in [3.05, 3.63) is 87.3 Å². The van der Waals surface area contributed by atoms with E-state index in [1.165, 1.54) is 11.3 Å². The molecule has 2 heterocycles. The number of rotatable bonds is 3. The predicted molar refractivity (Wildman–Crippen MR) is 132 cm³/mol. The Morgan fingerprint density at radius 3 is 2.50 bits per heavy atom. The maximum absolute atomic E-state index is 13.9. The van der Waals surface area contributed by atoms with E-state index in [4.69, 9.17) is 4.74 Å². The molecule has 0 saturated heterocycles. The summed E-state index contributed by atoms with van der Waals surface area (Å²) in [6, 6.07) is 14.6. The molecule has 186 valence electrons. The number of benzene rings is 2. The van der Waals surface area contributed by atoms with Crippen LogP contribution >= 0.6 is 11.3 Å². The van der Waals surface area contributed by atoms with Crippen LogP contribution in [0.15, 0.2) is 71.2 Å². The Bertz CT molecular complexity index is 1350. The number of carbonyl (C=O) groups is 2. The molecule has 1 aliphatic heterocycles. The SMILES string of the molecule is COc1ccc([C@@H]2CC(=O)C3=C(C2)Nc2ccc(C)cc2N(C(=O)C(F)(F)F)[C@@H]3c2cccs2)cc1. The second-order valence-electron chi connectivity index (χ2n) is 8.93. The van der Waals surface area contributed by atoms with Gasteiger partial charge < -0.3 is 10.1 Å². The first-order chi connectivity index (χ1) is 17.2. The van der Waals surface area contributed by atoms with Crippen LogP contribution in [0.3, 0.4) is 0 Å². The van der Waals surface area contributed by atoms with Crippen LogP contribution in [0.2, 0.25) is 0 Å². The Balaban J connectivity index is 1.69. The number of fused-ring (bicyclic) bond motifs is 1. The number of ether oxygens (including phenoxy) is 1. The number of aryl methyl sites for hydroxylation is 1. The third-order valence-corrected chi connectivity index (χ3v) is 7.52. The monoisotopic (exact) mass is 512 g/mol. The van der Waals surface area contributed by atoms with E-state index in [9.17, 15) is 22.8 Å². The molecular weight excluding hydrogens is 489 g/mol. The van der Waals surface area contributed by atoms with E-state index in [1.807, 2.05) is 24.3 Å². The quantitative estimate of drug-likeness (QED) is 0.434. The van der Waals surface area contributed by atoms with E-state index in [0.717, 1.165) is 10.5 Å². The Labute approximate surface area is 210 Å². The van der Waals surface area contributed by atoms with E-state index in [1.54, 1.807) is 49.7 Å². The number of methoxy groups -OCH3 is 1. The number of ketones is 1. The van der Waals surface area contributed by atoms with Crippen LogP contribution in [0.1, 0.15) is 40.8 Å². The Morgan fingerprint density at radius 1 is 1.11 bits per heavy atom. The van der Waals surface area contributed by atoms with Crippen LogP contribution in [0.5, 0.6) is 5.75 Å². The zero-order chi connectivity index (χ0) is 25.6. The van der Waals surface area contributed by atoms with Crippen molar-refractivity contribution in [1.29, 1.82) is 0 Å². The summed E-state index contributed by atoms with van der Waals surface area (Å²) >= 11 is 1.22. The standard InChI is InChI=1S/C27H23F3N2O3S/c1-15-5-10-19-21(12-15)32(26(34)27(28,29)30)25(23-4-3-11-36-23)24-20(31-19)13-17(14-22(24)33)16-6-8-18(35-2)9-7-16/h3-12,17,25,31H,13-14H2,1-2H3/t17-,25+/m0/s1. The maximum Gasteiger partial charge on any atom is 0.471 e. The van der Waals surface area contributed by atoms with Gasteiger partial charge in [0.1, 0.15) is 11.8 Å². The molecule has 2 atom stereocenters. The Hall–Kier alpha value is -3.59. The van der Waals surface area contributed by atoms with Gasteiger partial charge in [-0.25, -0.2) is 0 Å². The van der Waals surface area contributed by atoms with Crippen molar-refractivity contribution in [2.24, 2.45) is 0 Å². The Kier molecular flexibility index (Phi) is 6.12. The van der Waals surface area contributed by atoms with Crippen molar-refractivity contribution in [2.75, 3.05) is 17.3 Å². The van der Waals surface area contributed by atoms with Gasteiger partial charge in [-0.3, -0.25) is 14.5 Å². The lowest BCUT2D eigenvalue weighted by molar-refractivity contribution is -0.170. The molecule has 0 unspecified atom stereocenters. The van der Waals surface area contributed by atoms with Gasteiger partial charge >= 0.3 is 12.1 Å². The van der Waals surface area contributed by atoms with Crippen LogP contribution < -0.4 is 15.0 Å². The molecule has 0 spiro atoms. The fourth-order valence-electron chi connectivity index (χ4n) is 4.94. The molecule has 2 aromatic carbocycles. The fourth-order valence-corrected chi connectivity index (χ4v) is 5.76. The van der Waals surface area contributed by atoms with Crippen molar-refractivity contribution in [2.45, 2.75) is 37.9 Å². The highest BCUT2D eigenvalue weighted by atomic mass is 32.1. The van der Waals surface area contributed by atoms with Crippen molar-refractivity contribution in [3.63, 3.8) is 0 Å². The highest BCUT2D eigenvalue weighted by molar-refractivity contribution is 7.10. The van der Waals surface area contributed by atoms with Gasteiger partial charge in [0, 0.05) is 22.6 Å². The smallest absolute Gasteiger partial charge is 0.471 e. The number of hydrogen-bond donors (Lipinski definition) is 1. The average Bonchev–Trinajstić information content (AvgIpc) is 3.33. The average molecular weight is 513 g/mol. The first-order valence-electron chi connectivity index (χ1n) is 11.4. The zero-order valence-electron chi connectivity index (χ0n) is 19.6. The summed E-state index contributed by atoms with van der Waals surface area (Å²) in [5.41, 5.74) is 2.82. The van der Waals surface area contributed by atoms with Crippen LogP contribution in [0.4, 0.5) is 24.5 Å². The van der Waals surface area contributed by atoms with Gasteiger partial charge in [-0.05, 0) is 66.1 Å². The van der Waals surface area contributed by atoms with Crippen molar-refractivity contribution < 1.29 is 27.5 Å². The minimum Gasteiger partial charge on any atom is -0.497 e. The number of halogens is 3. The molecule has 1 amide bonds. The second kappa shape index (κ2) is 9.13. The lowest BCUT2D eigenvalue weighted by Crippen LogP contribution is -2.45. The number of carbonyl (C=O) groups excluding carboxylic acids is 2. The predicted octanol–water partition coefficient (Wildman–Crippen LogP) is 6.53. The molecule has 5 rings (SSSR count). The third kappa shape index (κ3) is 4.28. The van der Waals surface area contributed by atoms with Crippen LogP contribution in [0.25, 0.3) is 0 Å². The summed E-state index contributed by atoms with van der Waals surface area (Å²) in [6.45, 7) is 1.75. The molecule has 1 aromatic heterocycles. The molecule has 36 heavy (non-hydrogen) atoms. The lowest BCUT2D eigenvalue weighted by atomic mass is 9.79. The fraction of sp³-hybridized carbons (Fsp3) is 0.259. The molecule has 5 nitrogen and oxygen atoms in total. The number of thiophene rings is 1. The van der Waals surface area contributed by atoms with Crippen molar-refractivity contribution in [3.8, 4) is 5.75 Å². The van der Waals surface area contributed by atoms with E-state index in [0.29, 0.717) is 34.0 Å². The molecule has 0 radical (unpaired) electrons. The summed E-state index contributed by atoms with van der Waals surface area (Å²) in [5, 5.41) is 4.98. The number of hydrogen-bond acceptors (Lipinski definition) is 5. The number of Topliss-reactive ketones (excluding diaryl/α,β-unsaturated/α-hetero) is 1. The number of nitrogens with one attached hydrogen (secondary N) is 1. The lowest BCUT2D eigenvalue weighted by Gasteiger charge is -2.34. The molecule has 0 bridgehead atoms. The zero-order valence-corrected chi connectivity index (χ0v) is 20.4. The van der Waals surface area contributed by atoms with E-state index in [2.05, 4.69) is 5.32 Å². The molecular formula is C27H23F3N2O3S. The summed E-state index contributed by atoms with van der Waals surface area (Å²) in [7, 11) is 1.57. The van der Waals surface area contributed by atoms with E-state index in [-0.39, 0.29) is 29.4 Å². The van der Waals surface area contributed by atoms with Gasteiger partial charge in [-0.2, -0.15) is 13.2 Å². The molecule has 9 heteroatoms. The van der Waals surface area contributed by atoms with Crippen molar-refractivity contribution in [1.82, 2.24) is 0 Å². The maximum atomic E-state index is 13.9. The normalized spacial score (nSPS) is 19.8. The van der Waals surface area contributed by atoms with Crippen LogP contribution in [-0.4, -0.2) is 25.0 Å². The first kappa shape index (κ1) is 24.1. The first-order valence-corrected chi connectivity index (χ1v) is 12.3. The van der Waals surface area contributed by atoms with Crippen LogP contribution in [-0.2, 0) is 9.59 Å². The number of nitrogens with zero attached hydrogens (tertiary/aromatic N) is 1. The topological polar surface area (TPSA) is 58.6 Å². The number of alkyl halides is 3. The number of allylic oxidation sites excluding steroid dienone is 1. The molecule has 1 N–H and O–H groups in total. The third-order valence-electron chi connectivity index (χ3n) is 6.60. The van der Waals surface area contributed by atoms with Gasteiger partial charge in [-0.1, -0.05) is 24.3 Å². The molecule has 3 aromatic rings. The molecule has 2 aliphatic rings. The highest BCUT2D eigenvalue weighted by Gasteiger charge is 2.50. The number of amides is 1. The molecule has 1 aliphatic carbocycles. The van der Waals surface area contributed by atoms with Gasteiger partial charge in [0.05, 0.1) is 18.5 Å². The van der Waals surface area contributed by atoms with Gasteiger partial charge in [0.25, 0.3) is 0 Å². The Morgan fingerprint density at radius 2 is 1.86 bits per heavy atom. The minimum atomic E-state index is -5.12. The second-order valence-corrected chi connectivity index (χ2v) is 9.91. The summed E-state index contributed by atoms with van der Waals surface area (Å²) < 4.78 is 47.0. The van der Waals surface area contributed by atoms with Gasteiger partial charge in [-0.15, -0.1) is 11.3 Å². The van der Waals surface area contributed by atoms with Gasteiger partial charge in [0.15, 0.2) is 5.78 Å². The van der Waals surface area contributed by atoms with Crippen LogP contribution in [0, 0.1) is 6.92 Å². The molecule has 0 fully saturated rings. The highest BCUT2D eigenvalue weighted by Crippen LogP contribution is 2.49. The number of anilines is 2. The summed E-state index contributed by atoms with van der Waals surface area (Å²) in [4.78, 5) is 27.8. The van der Waals surface area contributed by atoms with E-state index < -0.39 is 18.1 Å². The minimum absolute atomic E-state index is 0.0962. The van der Waals surface area contributed by atoms with E-state index >= 15 is 0 Å². The largest absolute Gasteiger partial charge is 0.497 e. The van der Waals surface area contributed by atoms with Crippen molar-refractivity contribution >= 4 is 34.4 Å². The summed E-state index contributed by atoms with van der Waals surface area (Å²) in [6.07, 6.45) is -4.58. The van der Waals surface area contributed by atoms with Gasteiger partial charge in [0.2, 0.25) is 0 Å².